The number of carbonyl (C=O) groups excluding carboxylic acids is 3. The number of halogens is 2. The summed E-state index contributed by atoms with van der Waals surface area (Å²) in [6.07, 6.45) is 1.12. The lowest BCUT2D eigenvalue weighted by atomic mass is 10.0. The van der Waals surface area contributed by atoms with Crippen molar-refractivity contribution in [2.75, 3.05) is 31.1 Å². The minimum atomic E-state index is -0.537. The van der Waals surface area contributed by atoms with Crippen LogP contribution in [0.1, 0.15) is 23.2 Å². The molecule has 2 aromatic rings. The SMILES string of the molecule is O=C(CN1C(=O)COc2cc(Br)ccc21)NC1CCN(C(=O)c2ccccc2F)CC1. The van der Waals surface area contributed by atoms with Gasteiger partial charge in [0.1, 0.15) is 18.1 Å². The Morgan fingerprint density at radius 1 is 1.16 bits per heavy atom. The number of nitrogens with zero attached hydrogens (tertiary/aromatic N) is 2. The summed E-state index contributed by atoms with van der Waals surface area (Å²) >= 11 is 3.36. The molecule has 2 aliphatic rings. The van der Waals surface area contributed by atoms with Gasteiger partial charge in [-0.3, -0.25) is 19.3 Å². The molecule has 0 aromatic heterocycles. The molecule has 4 rings (SSSR count). The van der Waals surface area contributed by atoms with Crippen molar-refractivity contribution in [2.24, 2.45) is 0 Å². The Bertz CT molecular complexity index is 1020. The van der Waals surface area contributed by atoms with Crippen LogP contribution >= 0.6 is 15.9 Å². The van der Waals surface area contributed by atoms with E-state index in [1.165, 1.54) is 17.0 Å². The van der Waals surface area contributed by atoms with Gasteiger partial charge in [-0.05, 0) is 43.2 Å². The number of rotatable bonds is 4. The van der Waals surface area contributed by atoms with E-state index in [0.717, 1.165) is 4.47 Å². The van der Waals surface area contributed by atoms with E-state index in [1.54, 1.807) is 35.2 Å². The number of nitrogens with one attached hydrogen (secondary N) is 1. The predicted molar refractivity (Wildman–Crippen MR) is 115 cm³/mol. The zero-order valence-electron chi connectivity index (χ0n) is 16.6. The molecule has 1 fully saturated rings. The van der Waals surface area contributed by atoms with Gasteiger partial charge < -0.3 is 15.0 Å². The molecule has 3 amide bonds. The van der Waals surface area contributed by atoms with Crippen molar-refractivity contribution in [1.29, 1.82) is 0 Å². The summed E-state index contributed by atoms with van der Waals surface area (Å²) in [5.41, 5.74) is 0.612. The summed E-state index contributed by atoms with van der Waals surface area (Å²) in [6.45, 7) is 0.620. The van der Waals surface area contributed by atoms with Crippen LogP contribution in [0.15, 0.2) is 46.9 Å². The minimum Gasteiger partial charge on any atom is -0.482 e. The molecule has 2 aromatic carbocycles. The van der Waals surface area contributed by atoms with Crippen LogP contribution in [0.4, 0.5) is 10.1 Å². The molecule has 2 heterocycles. The largest absolute Gasteiger partial charge is 0.482 e. The van der Waals surface area contributed by atoms with Crippen LogP contribution < -0.4 is 15.0 Å². The molecule has 1 saturated heterocycles. The molecule has 2 aliphatic heterocycles. The molecule has 9 heteroatoms. The van der Waals surface area contributed by atoms with Gasteiger partial charge in [0.2, 0.25) is 5.91 Å². The third-order valence-electron chi connectivity index (χ3n) is 5.42. The third-order valence-corrected chi connectivity index (χ3v) is 5.91. The second-order valence-electron chi connectivity index (χ2n) is 7.49. The summed E-state index contributed by atoms with van der Waals surface area (Å²) in [6, 6.07) is 11.1. The Balaban J connectivity index is 1.32. The number of likely N-dealkylation sites (tertiary alicyclic amines) is 1. The number of hydrogen-bond acceptors (Lipinski definition) is 4. The first-order valence-corrected chi connectivity index (χ1v) is 10.8. The van der Waals surface area contributed by atoms with Crippen molar-refractivity contribution in [2.45, 2.75) is 18.9 Å². The van der Waals surface area contributed by atoms with Gasteiger partial charge >= 0.3 is 0 Å². The second-order valence-corrected chi connectivity index (χ2v) is 8.41. The summed E-state index contributed by atoms with van der Waals surface area (Å²) in [7, 11) is 0. The first-order chi connectivity index (χ1) is 14.9. The molecular weight excluding hydrogens is 469 g/mol. The zero-order valence-corrected chi connectivity index (χ0v) is 18.2. The summed E-state index contributed by atoms with van der Waals surface area (Å²) in [5, 5.41) is 2.94. The minimum absolute atomic E-state index is 0.0566. The predicted octanol–water partition coefficient (Wildman–Crippen LogP) is 2.73. The summed E-state index contributed by atoms with van der Waals surface area (Å²) < 4.78 is 20.1. The quantitative estimate of drug-likeness (QED) is 0.715. The third kappa shape index (κ3) is 4.71. The van der Waals surface area contributed by atoms with Crippen LogP contribution in [0.5, 0.6) is 5.75 Å². The maximum Gasteiger partial charge on any atom is 0.265 e. The van der Waals surface area contributed by atoms with Crippen molar-refractivity contribution in [3.63, 3.8) is 0 Å². The average Bonchev–Trinajstić information content (AvgIpc) is 2.76. The molecule has 0 aliphatic carbocycles. The molecule has 0 radical (unpaired) electrons. The lowest BCUT2D eigenvalue weighted by Crippen LogP contribution is -2.50. The van der Waals surface area contributed by atoms with E-state index in [2.05, 4.69) is 21.2 Å². The topological polar surface area (TPSA) is 79.0 Å². The summed E-state index contributed by atoms with van der Waals surface area (Å²) in [5.74, 6) is -0.894. The van der Waals surface area contributed by atoms with Crippen LogP contribution in [0.25, 0.3) is 0 Å². The Hall–Kier alpha value is -2.94. The highest BCUT2D eigenvalue weighted by molar-refractivity contribution is 9.10. The van der Waals surface area contributed by atoms with Crippen LogP contribution in [0.3, 0.4) is 0 Å². The molecule has 1 N–H and O–H groups in total. The molecular formula is C22H21BrFN3O4. The monoisotopic (exact) mass is 489 g/mol. The molecule has 7 nitrogen and oxygen atoms in total. The van der Waals surface area contributed by atoms with Gasteiger partial charge in [0.25, 0.3) is 11.8 Å². The summed E-state index contributed by atoms with van der Waals surface area (Å²) in [4.78, 5) is 40.4. The van der Waals surface area contributed by atoms with Gasteiger partial charge in [-0.2, -0.15) is 0 Å². The molecule has 0 spiro atoms. The lowest BCUT2D eigenvalue weighted by molar-refractivity contribution is -0.125. The van der Waals surface area contributed by atoms with Crippen LogP contribution in [0.2, 0.25) is 0 Å². The maximum atomic E-state index is 13.9. The number of piperidine rings is 1. The standard InChI is InChI=1S/C22H21BrFN3O4/c23-14-5-6-18-19(11-14)31-13-21(29)27(18)12-20(28)25-15-7-9-26(10-8-15)22(30)16-3-1-2-4-17(16)24/h1-6,11,15H,7-10,12-13H2,(H,25,28). The number of hydrogen-bond donors (Lipinski definition) is 1. The maximum absolute atomic E-state index is 13.9. The zero-order chi connectivity index (χ0) is 22.0. The average molecular weight is 490 g/mol. The molecule has 162 valence electrons. The Kier molecular flexibility index (Phi) is 6.22. The van der Waals surface area contributed by atoms with Gasteiger partial charge in [0, 0.05) is 23.6 Å². The van der Waals surface area contributed by atoms with Gasteiger partial charge in [0.15, 0.2) is 6.61 Å². The van der Waals surface area contributed by atoms with E-state index in [0.29, 0.717) is 37.4 Å². The van der Waals surface area contributed by atoms with Crippen LogP contribution in [-0.4, -0.2) is 54.9 Å². The van der Waals surface area contributed by atoms with Crippen molar-refractivity contribution in [3.05, 3.63) is 58.3 Å². The van der Waals surface area contributed by atoms with Crippen molar-refractivity contribution in [3.8, 4) is 5.75 Å². The Labute approximate surface area is 187 Å². The number of amides is 3. The van der Waals surface area contributed by atoms with E-state index in [9.17, 15) is 18.8 Å². The molecule has 31 heavy (non-hydrogen) atoms. The first-order valence-electron chi connectivity index (χ1n) is 9.98. The smallest absolute Gasteiger partial charge is 0.265 e. The highest BCUT2D eigenvalue weighted by Gasteiger charge is 2.30. The molecule has 0 atom stereocenters. The fraction of sp³-hybridized carbons (Fsp3) is 0.318. The molecule has 0 unspecified atom stereocenters. The number of fused-ring (bicyclic) bond motifs is 1. The van der Waals surface area contributed by atoms with E-state index in [1.807, 2.05) is 0 Å². The second kappa shape index (κ2) is 9.05. The molecule has 0 bridgehead atoms. The van der Waals surface area contributed by atoms with Gasteiger partial charge in [-0.15, -0.1) is 0 Å². The fourth-order valence-corrected chi connectivity index (χ4v) is 4.14. The number of anilines is 1. The Morgan fingerprint density at radius 2 is 1.90 bits per heavy atom. The van der Waals surface area contributed by atoms with Crippen molar-refractivity contribution >= 4 is 39.3 Å². The van der Waals surface area contributed by atoms with Crippen molar-refractivity contribution < 1.29 is 23.5 Å². The first kappa shape index (κ1) is 21.3. The number of ether oxygens (including phenoxy) is 1. The van der Waals surface area contributed by atoms with Gasteiger partial charge in [-0.25, -0.2) is 4.39 Å². The van der Waals surface area contributed by atoms with Crippen LogP contribution in [-0.2, 0) is 9.59 Å². The number of carbonyl (C=O) groups is 3. The fourth-order valence-electron chi connectivity index (χ4n) is 3.80. The molecule has 0 saturated carbocycles. The normalized spacial score (nSPS) is 16.5. The van der Waals surface area contributed by atoms with E-state index < -0.39 is 5.82 Å². The highest BCUT2D eigenvalue weighted by atomic mass is 79.9. The van der Waals surface area contributed by atoms with Crippen molar-refractivity contribution in [1.82, 2.24) is 10.2 Å². The lowest BCUT2D eigenvalue weighted by Gasteiger charge is -2.33. The van der Waals surface area contributed by atoms with E-state index in [-0.39, 0.29) is 42.5 Å². The van der Waals surface area contributed by atoms with E-state index in [4.69, 9.17) is 4.74 Å². The van der Waals surface area contributed by atoms with Gasteiger partial charge in [-0.1, -0.05) is 28.1 Å². The Morgan fingerprint density at radius 3 is 2.65 bits per heavy atom. The van der Waals surface area contributed by atoms with Crippen LogP contribution in [0, 0.1) is 5.82 Å². The van der Waals surface area contributed by atoms with E-state index >= 15 is 0 Å². The van der Waals surface area contributed by atoms with Gasteiger partial charge in [0.05, 0.1) is 11.3 Å². The number of benzene rings is 2. The highest BCUT2D eigenvalue weighted by Crippen LogP contribution is 2.34.